The monoisotopic (exact) mass is 300 g/mol. The number of allylic oxidation sites excluding steroid dienone is 2. The molecular formula is C19H24O3. The third kappa shape index (κ3) is 7.12. The van der Waals surface area contributed by atoms with Crippen LogP contribution in [-0.4, -0.2) is 24.9 Å². The molecule has 0 aliphatic heterocycles. The van der Waals surface area contributed by atoms with Crippen LogP contribution in [0.1, 0.15) is 25.8 Å². The van der Waals surface area contributed by atoms with Gasteiger partial charge in [-0.3, -0.25) is 0 Å². The molecule has 0 unspecified atom stereocenters. The summed E-state index contributed by atoms with van der Waals surface area (Å²) in [6, 6.07) is 7.71. The lowest BCUT2D eigenvalue weighted by atomic mass is 10.1. The fourth-order valence-electron chi connectivity index (χ4n) is 1.64. The molecule has 1 N–H and O–H groups in total. The molecular weight excluding hydrogens is 276 g/mol. The molecule has 1 aromatic rings. The van der Waals surface area contributed by atoms with Crippen molar-refractivity contribution in [3.63, 3.8) is 0 Å². The highest BCUT2D eigenvalue weighted by Crippen LogP contribution is 2.12. The molecule has 1 atom stereocenters. The standard InChI is InChI=1S/C19H24O3/c1-15(2)6-5-7-16(3)19(20)12-13-22-14-17-8-10-18(21-4)11-9-17/h6,8-11,19-20H,3,12-14H2,1-2,4H3/t19-/m0/s1. The van der Waals surface area contributed by atoms with Gasteiger partial charge in [0.25, 0.3) is 0 Å². The van der Waals surface area contributed by atoms with Crippen LogP contribution in [-0.2, 0) is 11.3 Å². The Morgan fingerprint density at radius 3 is 2.59 bits per heavy atom. The summed E-state index contributed by atoms with van der Waals surface area (Å²) >= 11 is 0. The van der Waals surface area contributed by atoms with E-state index in [4.69, 9.17) is 9.47 Å². The number of benzene rings is 1. The first-order valence-electron chi connectivity index (χ1n) is 7.25. The van der Waals surface area contributed by atoms with E-state index in [2.05, 4.69) is 18.4 Å². The molecule has 0 amide bonds. The maximum Gasteiger partial charge on any atom is 0.118 e. The van der Waals surface area contributed by atoms with Gasteiger partial charge in [-0.2, -0.15) is 0 Å². The summed E-state index contributed by atoms with van der Waals surface area (Å²) in [5.41, 5.74) is 2.71. The van der Waals surface area contributed by atoms with E-state index in [9.17, 15) is 5.11 Å². The molecule has 3 nitrogen and oxygen atoms in total. The van der Waals surface area contributed by atoms with E-state index < -0.39 is 6.10 Å². The average molecular weight is 300 g/mol. The van der Waals surface area contributed by atoms with Crippen LogP contribution < -0.4 is 4.74 Å². The summed E-state index contributed by atoms with van der Waals surface area (Å²) in [5, 5.41) is 9.93. The maximum absolute atomic E-state index is 9.93. The van der Waals surface area contributed by atoms with E-state index in [0.29, 0.717) is 25.2 Å². The minimum absolute atomic E-state index is 0.455. The van der Waals surface area contributed by atoms with Gasteiger partial charge in [-0.1, -0.05) is 36.1 Å². The number of aliphatic hydroxyl groups is 1. The first kappa shape index (κ1) is 18.0. The van der Waals surface area contributed by atoms with E-state index in [0.717, 1.165) is 16.9 Å². The van der Waals surface area contributed by atoms with Crippen molar-refractivity contribution < 1.29 is 14.6 Å². The molecule has 0 aliphatic rings. The Hall–Kier alpha value is -2.02. The van der Waals surface area contributed by atoms with Gasteiger partial charge in [-0.25, -0.2) is 0 Å². The van der Waals surface area contributed by atoms with Crippen molar-refractivity contribution in [2.24, 2.45) is 0 Å². The van der Waals surface area contributed by atoms with E-state index in [1.165, 1.54) is 0 Å². The smallest absolute Gasteiger partial charge is 0.118 e. The van der Waals surface area contributed by atoms with Crippen molar-refractivity contribution in [3.05, 3.63) is 53.6 Å². The number of ether oxygens (including phenoxy) is 2. The normalized spacial score (nSPS) is 11.1. The zero-order valence-electron chi connectivity index (χ0n) is 13.6. The van der Waals surface area contributed by atoms with Gasteiger partial charge in [0.05, 0.1) is 19.8 Å². The van der Waals surface area contributed by atoms with Crippen LogP contribution in [0.2, 0.25) is 0 Å². The van der Waals surface area contributed by atoms with Gasteiger partial charge in [0.2, 0.25) is 0 Å². The van der Waals surface area contributed by atoms with Crippen molar-refractivity contribution >= 4 is 0 Å². The lowest BCUT2D eigenvalue weighted by Gasteiger charge is -2.10. The van der Waals surface area contributed by atoms with Crippen LogP contribution in [0, 0.1) is 11.8 Å². The Balaban J connectivity index is 2.29. The maximum atomic E-state index is 9.93. The van der Waals surface area contributed by atoms with Gasteiger partial charge < -0.3 is 14.6 Å². The second-order valence-electron chi connectivity index (χ2n) is 5.22. The van der Waals surface area contributed by atoms with Crippen molar-refractivity contribution in [2.45, 2.75) is 33.0 Å². The van der Waals surface area contributed by atoms with Gasteiger partial charge in [-0.15, -0.1) is 0 Å². The highest BCUT2D eigenvalue weighted by Gasteiger charge is 2.06. The fraction of sp³-hybridized carbons (Fsp3) is 0.368. The molecule has 1 rings (SSSR count). The highest BCUT2D eigenvalue weighted by atomic mass is 16.5. The second-order valence-corrected chi connectivity index (χ2v) is 5.22. The van der Waals surface area contributed by atoms with Crippen LogP contribution in [0.3, 0.4) is 0 Å². The summed E-state index contributed by atoms with van der Waals surface area (Å²) in [6.07, 6.45) is 1.63. The highest BCUT2D eigenvalue weighted by molar-refractivity contribution is 5.34. The zero-order chi connectivity index (χ0) is 16.4. The first-order valence-corrected chi connectivity index (χ1v) is 7.25. The fourth-order valence-corrected chi connectivity index (χ4v) is 1.64. The molecule has 0 saturated heterocycles. The van der Waals surface area contributed by atoms with Gasteiger partial charge in [0, 0.05) is 18.6 Å². The van der Waals surface area contributed by atoms with Gasteiger partial charge in [-0.05, 0) is 37.6 Å². The molecule has 0 saturated carbocycles. The molecule has 0 spiro atoms. The van der Waals surface area contributed by atoms with Gasteiger partial charge in [0.1, 0.15) is 5.75 Å². The molecule has 1 aromatic carbocycles. The van der Waals surface area contributed by atoms with Crippen LogP contribution in [0.5, 0.6) is 5.75 Å². The quantitative estimate of drug-likeness (QED) is 0.619. The Morgan fingerprint density at radius 1 is 1.32 bits per heavy atom. The number of hydrogen-bond donors (Lipinski definition) is 1. The Labute approximate surface area is 133 Å². The van der Waals surface area contributed by atoms with E-state index >= 15 is 0 Å². The first-order chi connectivity index (χ1) is 10.5. The number of methoxy groups -OCH3 is 1. The second kappa shape index (κ2) is 9.83. The van der Waals surface area contributed by atoms with Gasteiger partial charge in [0.15, 0.2) is 0 Å². The SMILES string of the molecule is C=C(C#CC=C(C)C)[C@@H](O)CCOCc1ccc(OC)cc1. The molecule has 118 valence electrons. The Kier molecular flexibility index (Phi) is 8.06. The average Bonchev–Trinajstić information content (AvgIpc) is 2.51. The van der Waals surface area contributed by atoms with Crippen molar-refractivity contribution in [3.8, 4) is 17.6 Å². The van der Waals surface area contributed by atoms with E-state index in [1.54, 1.807) is 13.2 Å². The minimum Gasteiger partial charge on any atom is -0.497 e. The number of rotatable bonds is 7. The predicted octanol–water partition coefficient (Wildman–Crippen LogP) is 3.49. The Morgan fingerprint density at radius 2 is 2.00 bits per heavy atom. The lowest BCUT2D eigenvalue weighted by molar-refractivity contribution is 0.0865. The molecule has 0 aliphatic carbocycles. The summed E-state index contributed by atoms with van der Waals surface area (Å²) in [7, 11) is 1.64. The molecule has 0 aromatic heterocycles. The van der Waals surface area contributed by atoms with E-state index in [-0.39, 0.29) is 0 Å². The molecule has 0 radical (unpaired) electrons. The molecule has 0 bridgehead atoms. The van der Waals surface area contributed by atoms with Crippen LogP contribution >= 0.6 is 0 Å². The molecule has 0 heterocycles. The van der Waals surface area contributed by atoms with Gasteiger partial charge >= 0.3 is 0 Å². The third-order valence-corrected chi connectivity index (χ3v) is 2.96. The topological polar surface area (TPSA) is 38.7 Å². The third-order valence-electron chi connectivity index (χ3n) is 2.96. The number of hydrogen-bond acceptors (Lipinski definition) is 3. The van der Waals surface area contributed by atoms with E-state index in [1.807, 2.05) is 38.1 Å². The summed E-state index contributed by atoms with van der Waals surface area (Å²) < 4.78 is 10.7. The summed E-state index contributed by atoms with van der Waals surface area (Å²) in [5.74, 6) is 6.54. The van der Waals surface area contributed by atoms with Crippen LogP contribution in [0.25, 0.3) is 0 Å². The van der Waals surface area contributed by atoms with Crippen molar-refractivity contribution in [1.29, 1.82) is 0 Å². The molecule has 3 heteroatoms. The predicted molar refractivity (Wildman–Crippen MR) is 89.6 cm³/mol. The summed E-state index contributed by atoms with van der Waals surface area (Å²) in [4.78, 5) is 0. The van der Waals surface area contributed by atoms with Crippen molar-refractivity contribution in [2.75, 3.05) is 13.7 Å². The van der Waals surface area contributed by atoms with Crippen LogP contribution in [0.15, 0.2) is 48.1 Å². The Bertz CT molecular complexity index is 555. The minimum atomic E-state index is -0.658. The molecule has 22 heavy (non-hydrogen) atoms. The zero-order valence-corrected chi connectivity index (χ0v) is 13.6. The molecule has 0 fully saturated rings. The van der Waals surface area contributed by atoms with Crippen LogP contribution in [0.4, 0.5) is 0 Å². The van der Waals surface area contributed by atoms with Crippen molar-refractivity contribution in [1.82, 2.24) is 0 Å². The number of aliphatic hydroxyl groups excluding tert-OH is 1. The summed E-state index contributed by atoms with van der Waals surface area (Å²) in [6.45, 7) is 8.69. The lowest BCUT2D eigenvalue weighted by Crippen LogP contribution is -2.12. The largest absolute Gasteiger partial charge is 0.497 e.